The molecule has 1 aliphatic carbocycles. The van der Waals surface area contributed by atoms with E-state index in [0.717, 1.165) is 27.7 Å². The molecule has 1 aliphatic rings. The summed E-state index contributed by atoms with van der Waals surface area (Å²) in [6.45, 7) is 2.01. The Balaban J connectivity index is 1.75. The summed E-state index contributed by atoms with van der Waals surface area (Å²) in [6.07, 6.45) is 0.845. The zero-order valence-corrected chi connectivity index (χ0v) is 12.2. The lowest BCUT2D eigenvalue weighted by Gasteiger charge is -2.28. The summed E-state index contributed by atoms with van der Waals surface area (Å²) in [6, 6.07) is 14.0. The molecule has 3 heteroatoms. The van der Waals surface area contributed by atoms with E-state index in [-0.39, 0.29) is 11.8 Å². The predicted octanol–water partition coefficient (Wildman–Crippen LogP) is 4.04. The van der Waals surface area contributed by atoms with E-state index in [2.05, 4.69) is 27.3 Å². The fourth-order valence-corrected chi connectivity index (χ4v) is 2.69. The number of benzene rings is 2. The number of halogens is 1. The summed E-state index contributed by atoms with van der Waals surface area (Å²) in [4.78, 5) is 12.2. The molecule has 1 N–H and O–H groups in total. The number of anilines is 1. The Morgan fingerprint density at radius 2 is 2.05 bits per heavy atom. The number of carbonyl (C=O) groups is 1. The van der Waals surface area contributed by atoms with Crippen LogP contribution in [-0.2, 0) is 11.2 Å². The Hall–Kier alpha value is -1.61. The minimum absolute atomic E-state index is 0.000142. The van der Waals surface area contributed by atoms with Gasteiger partial charge in [0.05, 0.1) is 5.92 Å². The molecule has 0 aliphatic heterocycles. The maximum Gasteiger partial charge on any atom is 0.232 e. The number of nitrogens with one attached hydrogen (secondary N) is 1. The van der Waals surface area contributed by atoms with Crippen molar-refractivity contribution in [2.75, 3.05) is 5.32 Å². The predicted molar refractivity (Wildman–Crippen MR) is 80.4 cm³/mol. The number of carbonyl (C=O) groups excluding carboxylic acids is 1. The Bertz CT molecular complexity index is 651. The highest BCUT2D eigenvalue weighted by Gasteiger charge is 2.31. The van der Waals surface area contributed by atoms with E-state index in [9.17, 15) is 4.79 Å². The SMILES string of the molecule is Cc1cc(NC(=O)C2Cc3ccccc32)ccc1Br. The van der Waals surface area contributed by atoms with Crippen LogP contribution in [0.2, 0.25) is 0 Å². The minimum Gasteiger partial charge on any atom is -0.326 e. The highest BCUT2D eigenvalue weighted by atomic mass is 79.9. The van der Waals surface area contributed by atoms with Crippen molar-refractivity contribution in [1.82, 2.24) is 0 Å². The number of hydrogen-bond donors (Lipinski definition) is 1. The van der Waals surface area contributed by atoms with Gasteiger partial charge >= 0.3 is 0 Å². The van der Waals surface area contributed by atoms with Gasteiger partial charge in [0.25, 0.3) is 0 Å². The lowest BCUT2D eigenvalue weighted by Crippen LogP contribution is -2.30. The van der Waals surface area contributed by atoms with Gasteiger partial charge in [0.15, 0.2) is 0 Å². The van der Waals surface area contributed by atoms with E-state index in [4.69, 9.17) is 0 Å². The molecule has 0 fully saturated rings. The van der Waals surface area contributed by atoms with Crippen LogP contribution >= 0.6 is 15.9 Å². The highest BCUT2D eigenvalue weighted by molar-refractivity contribution is 9.10. The van der Waals surface area contributed by atoms with Gasteiger partial charge in [-0.3, -0.25) is 4.79 Å². The molecule has 0 saturated carbocycles. The number of fused-ring (bicyclic) bond motifs is 1. The summed E-state index contributed by atoms with van der Waals surface area (Å²) < 4.78 is 1.06. The summed E-state index contributed by atoms with van der Waals surface area (Å²) in [5.74, 6) is 0.0839. The highest BCUT2D eigenvalue weighted by Crippen LogP contribution is 2.35. The van der Waals surface area contributed by atoms with Crippen molar-refractivity contribution in [3.63, 3.8) is 0 Å². The molecule has 3 rings (SSSR count). The van der Waals surface area contributed by atoms with Crippen LogP contribution in [0.3, 0.4) is 0 Å². The Morgan fingerprint density at radius 1 is 1.26 bits per heavy atom. The van der Waals surface area contributed by atoms with Crippen molar-refractivity contribution in [3.8, 4) is 0 Å². The molecule has 0 spiro atoms. The molecule has 2 aromatic carbocycles. The molecule has 0 aromatic heterocycles. The standard InChI is InChI=1S/C16H14BrNO/c1-10-8-12(6-7-15(10)17)18-16(19)14-9-11-4-2-3-5-13(11)14/h2-8,14H,9H2,1H3,(H,18,19). The van der Waals surface area contributed by atoms with Gasteiger partial charge in [0, 0.05) is 10.2 Å². The van der Waals surface area contributed by atoms with Gasteiger partial charge in [-0.2, -0.15) is 0 Å². The Morgan fingerprint density at radius 3 is 2.79 bits per heavy atom. The van der Waals surface area contributed by atoms with Crippen LogP contribution in [0, 0.1) is 6.92 Å². The van der Waals surface area contributed by atoms with Gasteiger partial charge in [0.1, 0.15) is 0 Å². The van der Waals surface area contributed by atoms with Crippen LogP contribution in [-0.4, -0.2) is 5.91 Å². The van der Waals surface area contributed by atoms with Crippen molar-refractivity contribution in [1.29, 1.82) is 0 Å². The van der Waals surface area contributed by atoms with E-state index in [1.807, 2.05) is 43.3 Å². The average molecular weight is 316 g/mol. The maximum atomic E-state index is 12.2. The van der Waals surface area contributed by atoms with Gasteiger partial charge in [0.2, 0.25) is 5.91 Å². The molecule has 0 radical (unpaired) electrons. The van der Waals surface area contributed by atoms with Gasteiger partial charge < -0.3 is 5.32 Å². The monoisotopic (exact) mass is 315 g/mol. The van der Waals surface area contributed by atoms with Crippen LogP contribution < -0.4 is 5.32 Å². The molecule has 1 atom stereocenters. The number of amides is 1. The van der Waals surface area contributed by atoms with Crippen LogP contribution in [0.15, 0.2) is 46.9 Å². The number of aryl methyl sites for hydroxylation is 1. The lowest BCUT2D eigenvalue weighted by atomic mass is 9.77. The second-order valence-electron chi connectivity index (χ2n) is 4.91. The molecular weight excluding hydrogens is 302 g/mol. The van der Waals surface area contributed by atoms with Crippen molar-refractivity contribution in [2.24, 2.45) is 0 Å². The van der Waals surface area contributed by atoms with Gasteiger partial charge in [-0.15, -0.1) is 0 Å². The number of rotatable bonds is 2. The lowest BCUT2D eigenvalue weighted by molar-refractivity contribution is -0.118. The van der Waals surface area contributed by atoms with Gasteiger partial charge in [-0.1, -0.05) is 40.2 Å². The summed E-state index contributed by atoms with van der Waals surface area (Å²) in [7, 11) is 0. The maximum absolute atomic E-state index is 12.2. The minimum atomic E-state index is 0.000142. The summed E-state index contributed by atoms with van der Waals surface area (Å²) in [5, 5.41) is 2.99. The molecule has 96 valence electrons. The van der Waals surface area contributed by atoms with E-state index in [1.54, 1.807) is 0 Å². The molecule has 1 amide bonds. The fourth-order valence-electron chi connectivity index (χ4n) is 2.44. The van der Waals surface area contributed by atoms with E-state index >= 15 is 0 Å². The fraction of sp³-hybridized carbons (Fsp3) is 0.188. The Labute approximate surface area is 121 Å². The van der Waals surface area contributed by atoms with Crippen molar-refractivity contribution in [3.05, 3.63) is 63.6 Å². The molecule has 0 heterocycles. The topological polar surface area (TPSA) is 29.1 Å². The summed E-state index contributed by atoms with van der Waals surface area (Å²) >= 11 is 3.46. The Kier molecular flexibility index (Phi) is 3.15. The normalized spacial score (nSPS) is 16.4. The molecule has 0 saturated heterocycles. The number of hydrogen-bond acceptors (Lipinski definition) is 1. The second kappa shape index (κ2) is 4.82. The zero-order chi connectivity index (χ0) is 13.4. The molecule has 2 nitrogen and oxygen atoms in total. The average Bonchev–Trinajstić information content (AvgIpc) is 2.35. The third kappa shape index (κ3) is 2.30. The van der Waals surface area contributed by atoms with Crippen molar-refractivity contribution in [2.45, 2.75) is 19.3 Å². The van der Waals surface area contributed by atoms with E-state index < -0.39 is 0 Å². The van der Waals surface area contributed by atoms with Gasteiger partial charge in [-0.25, -0.2) is 0 Å². The van der Waals surface area contributed by atoms with E-state index in [1.165, 1.54) is 5.56 Å². The molecule has 2 aromatic rings. The van der Waals surface area contributed by atoms with Crippen LogP contribution in [0.1, 0.15) is 22.6 Å². The first kappa shape index (κ1) is 12.4. The zero-order valence-electron chi connectivity index (χ0n) is 10.6. The third-order valence-electron chi connectivity index (χ3n) is 3.60. The largest absolute Gasteiger partial charge is 0.326 e. The second-order valence-corrected chi connectivity index (χ2v) is 5.76. The van der Waals surface area contributed by atoms with Crippen molar-refractivity contribution < 1.29 is 4.79 Å². The molecule has 19 heavy (non-hydrogen) atoms. The van der Waals surface area contributed by atoms with Crippen molar-refractivity contribution >= 4 is 27.5 Å². The molecular formula is C16H14BrNO. The van der Waals surface area contributed by atoms with Crippen LogP contribution in [0.4, 0.5) is 5.69 Å². The van der Waals surface area contributed by atoms with E-state index in [0.29, 0.717) is 0 Å². The quantitative estimate of drug-likeness (QED) is 0.890. The first-order valence-corrected chi connectivity index (χ1v) is 7.09. The molecule has 0 bridgehead atoms. The first-order chi connectivity index (χ1) is 9.15. The first-order valence-electron chi connectivity index (χ1n) is 6.30. The van der Waals surface area contributed by atoms with Crippen LogP contribution in [0.25, 0.3) is 0 Å². The molecule has 1 unspecified atom stereocenters. The third-order valence-corrected chi connectivity index (χ3v) is 4.49. The van der Waals surface area contributed by atoms with Gasteiger partial charge in [-0.05, 0) is 48.2 Å². The van der Waals surface area contributed by atoms with Crippen LogP contribution in [0.5, 0.6) is 0 Å². The smallest absolute Gasteiger partial charge is 0.232 e. The summed E-state index contributed by atoms with van der Waals surface area (Å²) in [5.41, 5.74) is 4.42.